The summed E-state index contributed by atoms with van der Waals surface area (Å²) in [5.41, 5.74) is 1.31. The van der Waals surface area contributed by atoms with Gasteiger partial charge in [-0.3, -0.25) is 4.90 Å². The van der Waals surface area contributed by atoms with Gasteiger partial charge in [0.05, 0.1) is 6.04 Å². The molecule has 7 nitrogen and oxygen atoms in total. The number of anilines is 1. The lowest BCUT2D eigenvalue weighted by Gasteiger charge is -2.27. The van der Waals surface area contributed by atoms with Crippen molar-refractivity contribution in [3.63, 3.8) is 0 Å². The summed E-state index contributed by atoms with van der Waals surface area (Å²) in [7, 11) is 0. The summed E-state index contributed by atoms with van der Waals surface area (Å²) in [4.78, 5) is 32.8. The highest BCUT2D eigenvalue weighted by Gasteiger charge is 2.31. The van der Waals surface area contributed by atoms with E-state index in [0.717, 1.165) is 24.0 Å². The lowest BCUT2D eigenvalue weighted by Crippen LogP contribution is -2.37. The maximum Gasteiger partial charge on any atom is 0.415 e. The van der Waals surface area contributed by atoms with Gasteiger partial charge in [0, 0.05) is 19.3 Å². The van der Waals surface area contributed by atoms with Crippen LogP contribution in [0.4, 0.5) is 15.4 Å². The first-order valence-corrected chi connectivity index (χ1v) is 10.7. The molecule has 7 heteroatoms. The molecule has 3 rings (SSSR count). The number of pyridine rings is 1. The molecule has 0 spiro atoms. The van der Waals surface area contributed by atoms with Crippen molar-refractivity contribution < 1.29 is 19.1 Å². The number of carbonyl (C=O) groups excluding carboxylic acids is 2. The Balaban J connectivity index is 1.66. The second kappa shape index (κ2) is 9.81. The van der Waals surface area contributed by atoms with Crippen molar-refractivity contribution in [1.29, 1.82) is 0 Å². The van der Waals surface area contributed by atoms with Gasteiger partial charge in [0.2, 0.25) is 0 Å². The van der Waals surface area contributed by atoms with Gasteiger partial charge in [0.1, 0.15) is 18.0 Å². The van der Waals surface area contributed by atoms with E-state index in [0.29, 0.717) is 18.9 Å². The summed E-state index contributed by atoms with van der Waals surface area (Å²) in [5.74, 6) is 0.525. The number of benzene rings is 1. The Morgan fingerprint density at radius 3 is 2.52 bits per heavy atom. The van der Waals surface area contributed by atoms with Gasteiger partial charge in [-0.1, -0.05) is 36.4 Å². The SMILES string of the molecule is CCN(C(=O)OC(C)(C)C)c1ccc([C@H]2CCCN2C(=O)OCc2ccccc2)cn1. The summed E-state index contributed by atoms with van der Waals surface area (Å²) >= 11 is 0. The third-order valence-electron chi connectivity index (χ3n) is 5.05. The third kappa shape index (κ3) is 5.96. The summed E-state index contributed by atoms with van der Waals surface area (Å²) in [6, 6.07) is 13.3. The van der Waals surface area contributed by atoms with E-state index in [1.54, 1.807) is 17.2 Å². The minimum absolute atomic E-state index is 0.0820. The van der Waals surface area contributed by atoms with Gasteiger partial charge in [0.25, 0.3) is 0 Å². The van der Waals surface area contributed by atoms with Crippen molar-refractivity contribution in [3.05, 3.63) is 59.8 Å². The van der Waals surface area contributed by atoms with E-state index in [1.165, 1.54) is 4.90 Å². The smallest absolute Gasteiger partial charge is 0.415 e. The van der Waals surface area contributed by atoms with Crippen molar-refractivity contribution in [2.45, 2.75) is 58.8 Å². The molecule has 1 aromatic carbocycles. The Hall–Kier alpha value is -3.09. The summed E-state index contributed by atoms with van der Waals surface area (Å²) in [6.45, 7) is 8.73. The van der Waals surface area contributed by atoms with Crippen molar-refractivity contribution >= 4 is 18.0 Å². The van der Waals surface area contributed by atoms with Crippen LogP contribution in [-0.2, 0) is 16.1 Å². The fourth-order valence-corrected chi connectivity index (χ4v) is 3.59. The van der Waals surface area contributed by atoms with Gasteiger partial charge in [-0.15, -0.1) is 0 Å². The van der Waals surface area contributed by atoms with Crippen LogP contribution in [0.15, 0.2) is 48.7 Å². The predicted octanol–water partition coefficient (Wildman–Crippen LogP) is 5.32. The number of rotatable bonds is 5. The molecule has 1 aliphatic heterocycles. The Morgan fingerprint density at radius 1 is 1.16 bits per heavy atom. The molecule has 1 fully saturated rings. The van der Waals surface area contributed by atoms with E-state index in [2.05, 4.69) is 4.98 Å². The fourth-order valence-electron chi connectivity index (χ4n) is 3.59. The highest BCUT2D eigenvalue weighted by molar-refractivity contribution is 5.86. The molecule has 2 amide bonds. The number of carbonyl (C=O) groups is 2. The lowest BCUT2D eigenvalue weighted by molar-refractivity contribution is 0.0581. The number of nitrogens with zero attached hydrogens (tertiary/aromatic N) is 3. The van der Waals surface area contributed by atoms with Gasteiger partial charge >= 0.3 is 12.2 Å². The van der Waals surface area contributed by atoms with Gasteiger partial charge in [-0.05, 0) is 57.7 Å². The highest BCUT2D eigenvalue weighted by atomic mass is 16.6. The molecule has 2 aromatic rings. The maximum atomic E-state index is 12.7. The monoisotopic (exact) mass is 425 g/mol. The standard InChI is InChI=1S/C24H31N3O4/c1-5-26(23(29)31-24(2,3)4)21-14-13-19(16-25-21)20-12-9-15-27(20)22(28)30-17-18-10-7-6-8-11-18/h6-8,10-11,13-14,16,20H,5,9,12,15,17H2,1-4H3/t20-/m1/s1. The number of aromatic nitrogens is 1. The van der Waals surface area contributed by atoms with Gasteiger partial charge in [-0.2, -0.15) is 0 Å². The van der Waals surface area contributed by atoms with Crippen LogP contribution in [0.2, 0.25) is 0 Å². The zero-order valence-corrected chi connectivity index (χ0v) is 18.7. The zero-order chi connectivity index (χ0) is 22.4. The molecule has 0 radical (unpaired) electrons. The van der Waals surface area contributed by atoms with Crippen molar-refractivity contribution in [2.24, 2.45) is 0 Å². The Kier molecular flexibility index (Phi) is 7.15. The molecule has 1 saturated heterocycles. The first-order valence-electron chi connectivity index (χ1n) is 10.7. The van der Waals surface area contributed by atoms with Crippen LogP contribution < -0.4 is 4.90 Å². The lowest BCUT2D eigenvalue weighted by atomic mass is 10.1. The average Bonchev–Trinajstić information content (AvgIpc) is 3.22. The van der Waals surface area contributed by atoms with E-state index in [-0.39, 0.29) is 18.7 Å². The Bertz CT molecular complexity index is 878. The highest BCUT2D eigenvalue weighted by Crippen LogP contribution is 2.33. The second-order valence-electron chi connectivity index (χ2n) is 8.57. The molecule has 1 aromatic heterocycles. The maximum absolute atomic E-state index is 12.7. The third-order valence-corrected chi connectivity index (χ3v) is 5.05. The van der Waals surface area contributed by atoms with E-state index < -0.39 is 11.7 Å². The summed E-state index contributed by atoms with van der Waals surface area (Å²) < 4.78 is 11.0. The number of ether oxygens (including phenoxy) is 2. The topological polar surface area (TPSA) is 72.0 Å². The summed E-state index contributed by atoms with van der Waals surface area (Å²) in [6.07, 6.45) is 2.74. The number of likely N-dealkylation sites (tertiary alicyclic amines) is 1. The molecular weight excluding hydrogens is 394 g/mol. The molecule has 0 saturated carbocycles. The van der Waals surface area contributed by atoms with Crippen molar-refractivity contribution in [1.82, 2.24) is 9.88 Å². The van der Waals surface area contributed by atoms with Gasteiger partial charge < -0.3 is 14.4 Å². The number of hydrogen-bond acceptors (Lipinski definition) is 5. The second-order valence-corrected chi connectivity index (χ2v) is 8.57. The van der Waals surface area contributed by atoms with Crippen LogP contribution >= 0.6 is 0 Å². The normalized spacial score (nSPS) is 16.1. The Labute approximate surface area is 184 Å². The van der Waals surface area contributed by atoms with Crippen LogP contribution in [0.25, 0.3) is 0 Å². The zero-order valence-electron chi connectivity index (χ0n) is 18.7. The van der Waals surface area contributed by atoms with Crippen LogP contribution in [0.1, 0.15) is 57.7 Å². The molecule has 0 unspecified atom stereocenters. The minimum Gasteiger partial charge on any atom is -0.445 e. The molecule has 1 atom stereocenters. The quantitative estimate of drug-likeness (QED) is 0.649. The van der Waals surface area contributed by atoms with E-state index in [1.807, 2.05) is 64.1 Å². The number of amides is 2. The molecule has 2 heterocycles. The van der Waals surface area contributed by atoms with Gasteiger partial charge in [-0.25, -0.2) is 14.6 Å². The van der Waals surface area contributed by atoms with Gasteiger partial charge in [0.15, 0.2) is 0 Å². The minimum atomic E-state index is -0.574. The molecule has 0 N–H and O–H groups in total. The fraction of sp³-hybridized carbons (Fsp3) is 0.458. The average molecular weight is 426 g/mol. The predicted molar refractivity (Wildman–Crippen MR) is 119 cm³/mol. The van der Waals surface area contributed by atoms with Crippen LogP contribution in [0, 0.1) is 0 Å². The number of hydrogen-bond donors (Lipinski definition) is 0. The van der Waals surface area contributed by atoms with Crippen molar-refractivity contribution in [3.8, 4) is 0 Å². The molecule has 0 bridgehead atoms. The first-order chi connectivity index (χ1) is 14.8. The first kappa shape index (κ1) is 22.6. The van der Waals surface area contributed by atoms with Crippen LogP contribution in [0.5, 0.6) is 0 Å². The van der Waals surface area contributed by atoms with E-state index in [4.69, 9.17) is 9.47 Å². The molecule has 166 valence electrons. The molecular formula is C24H31N3O4. The molecule has 1 aliphatic rings. The summed E-state index contributed by atoms with van der Waals surface area (Å²) in [5, 5.41) is 0. The molecule has 0 aliphatic carbocycles. The molecule has 31 heavy (non-hydrogen) atoms. The van der Waals surface area contributed by atoms with E-state index >= 15 is 0 Å². The van der Waals surface area contributed by atoms with Crippen LogP contribution in [0.3, 0.4) is 0 Å². The largest absolute Gasteiger partial charge is 0.445 e. The van der Waals surface area contributed by atoms with E-state index in [9.17, 15) is 9.59 Å². The van der Waals surface area contributed by atoms with Crippen LogP contribution in [-0.4, -0.2) is 40.8 Å². The van der Waals surface area contributed by atoms with Crippen molar-refractivity contribution in [2.75, 3.05) is 18.0 Å². The Morgan fingerprint density at radius 2 is 1.90 bits per heavy atom.